The molecule has 0 N–H and O–H groups in total. The second-order valence-electron chi connectivity index (χ2n) is 12.5. The number of methoxy groups -OCH3 is 1. The predicted octanol–water partition coefficient (Wildman–Crippen LogP) is 6.48. The van der Waals surface area contributed by atoms with Crippen molar-refractivity contribution in [3.8, 4) is 34.5 Å². The molecule has 1 aromatic carbocycles. The maximum atomic E-state index is 13.2. The van der Waals surface area contributed by atoms with Gasteiger partial charge in [-0.25, -0.2) is 24.9 Å². The number of ether oxygens (including phenoxy) is 3. The summed E-state index contributed by atoms with van der Waals surface area (Å²) in [7, 11) is 1.81. The van der Waals surface area contributed by atoms with E-state index in [-0.39, 0.29) is 25.1 Å². The fraction of sp³-hybridized carbons (Fsp3) is 0.419. The lowest BCUT2D eigenvalue weighted by Crippen LogP contribution is -2.22. The monoisotopic (exact) mass is 652 g/mol. The number of hydrogen-bond donors (Lipinski definition) is 0. The number of fused-ring (bicyclic) bond motifs is 1. The Morgan fingerprint density at radius 2 is 1.74 bits per heavy atom. The van der Waals surface area contributed by atoms with Gasteiger partial charge in [0.15, 0.2) is 22.7 Å². The fourth-order valence-corrected chi connectivity index (χ4v) is 5.74. The quantitative estimate of drug-likeness (QED) is 0.110. The summed E-state index contributed by atoms with van der Waals surface area (Å²) in [6.45, 7) is 7.89. The molecule has 0 bridgehead atoms. The summed E-state index contributed by atoms with van der Waals surface area (Å²) < 4.78 is 60.7. The lowest BCUT2D eigenvalue weighted by Gasteiger charge is -2.16. The molecule has 1 saturated carbocycles. The summed E-state index contributed by atoms with van der Waals surface area (Å²) in [6, 6.07) is 8.02. The molecule has 4 aromatic heterocycles. The van der Waals surface area contributed by atoms with Crippen molar-refractivity contribution in [3.05, 3.63) is 60.1 Å². The van der Waals surface area contributed by atoms with Crippen molar-refractivity contribution >= 4 is 19.2 Å². The van der Waals surface area contributed by atoms with Crippen molar-refractivity contribution in [2.75, 3.05) is 13.7 Å². The molecule has 11 nitrogen and oxygen atoms in total. The molecule has 0 atom stereocenters. The van der Waals surface area contributed by atoms with Crippen molar-refractivity contribution in [1.82, 2.24) is 39.0 Å². The minimum absolute atomic E-state index is 0.125. The first kappa shape index (κ1) is 31.6. The van der Waals surface area contributed by atoms with E-state index in [1.54, 1.807) is 37.7 Å². The van der Waals surface area contributed by atoms with Crippen LogP contribution < -0.4 is 9.47 Å². The second-order valence-corrected chi connectivity index (χ2v) is 18.2. The topological polar surface area (TPSA) is 115 Å². The first-order valence-electron chi connectivity index (χ1n) is 14.9. The Morgan fingerprint density at radius 1 is 0.978 bits per heavy atom. The van der Waals surface area contributed by atoms with Crippen LogP contribution in [0.4, 0.5) is 13.2 Å². The van der Waals surface area contributed by atoms with E-state index < -0.39 is 19.9 Å². The zero-order valence-corrected chi connectivity index (χ0v) is 27.3. The maximum Gasteiger partial charge on any atom is 0.434 e. The molecule has 0 radical (unpaired) electrons. The smallest absolute Gasteiger partial charge is 0.434 e. The van der Waals surface area contributed by atoms with Gasteiger partial charge in [-0.3, -0.25) is 0 Å². The highest BCUT2D eigenvalue weighted by atomic mass is 28.3. The summed E-state index contributed by atoms with van der Waals surface area (Å²) in [5.74, 6) is 1.50. The first-order chi connectivity index (χ1) is 21.9. The lowest BCUT2D eigenvalue weighted by atomic mass is 10.1. The molecule has 242 valence electrons. The van der Waals surface area contributed by atoms with Crippen LogP contribution in [0.5, 0.6) is 11.8 Å². The van der Waals surface area contributed by atoms with E-state index in [1.165, 1.54) is 17.9 Å². The molecular weight excluding hydrogens is 617 g/mol. The van der Waals surface area contributed by atoms with Gasteiger partial charge in [0.25, 0.3) is 0 Å². The van der Waals surface area contributed by atoms with Gasteiger partial charge in [-0.05, 0) is 24.4 Å². The van der Waals surface area contributed by atoms with Gasteiger partial charge >= 0.3 is 6.18 Å². The van der Waals surface area contributed by atoms with E-state index in [0.717, 1.165) is 36.3 Å². The third kappa shape index (κ3) is 6.89. The van der Waals surface area contributed by atoms with Gasteiger partial charge in [-0.2, -0.15) is 18.2 Å². The van der Waals surface area contributed by atoms with Crippen LogP contribution in [0.1, 0.15) is 35.7 Å². The van der Waals surface area contributed by atoms with E-state index in [4.69, 9.17) is 24.2 Å². The molecule has 4 heterocycles. The van der Waals surface area contributed by atoms with E-state index in [0.29, 0.717) is 46.5 Å². The van der Waals surface area contributed by atoms with Gasteiger partial charge in [-0.1, -0.05) is 43.9 Å². The zero-order valence-electron chi connectivity index (χ0n) is 26.3. The number of hydrogen-bond acceptors (Lipinski definition) is 9. The Labute approximate surface area is 264 Å². The molecule has 15 heteroatoms. The van der Waals surface area contributed by atoms with Crippen LogP contribution in [0, 0.1) is 0 Å². The Kier molecular flexibility index (Phi) is 8.54. The highest BCUT2D eigenvalue weighted by Crippen LogP contribution is 2.45. The van der Waals surface area contributed by atoms with Crippen LogP contribution >= 0.6 is 0 Å². The summed E-state index contributed by atoms with van der Waals surface area (Å²) >= 11 is 0. The van der Waals surface area contributed by atoms with Crippen LogP contribution in [0.3, 0.4) is 0 Å². The average Bonchev–Trinajstić information content (AvgIpc) is 3.66. The molecule has 0 aliphatic heterocycles. The largest absolute Gasteiger partial charge is 0.480 e. The Balaban J connectivity index is 1.31. The molecule has 5 aromatic rings. The number of alkyl halides is 3. The van der Waals surface area contributed by atoms with Crippen LogP contribution in [-0.4, -0.2) is 60.8 Å². The van der Waals surface area contributed by atoms with Crippen LogP contribution in [-0.2, 0) is 31.3 Å². The number of imidazole rings is 2. The Bertz CT molecular complexity index is 1850. The third-order valence-corrected chi connectivity index (χ3v) is 9.35. The molecule has 46 heavy (non-hydrogen) atoms. The highest BCUT2D eigenvalue weighted by molar-refractivity contribution is 6.76. The van der Waals surface area contributed by atoms with E-state index in [9.17, 15) is 13.2 Å². The highest BCUT2D eigenvalue weighted by Gasteiger charge is 2.35. The standard InChI is InChI=1S/C31H35F3N8O3Si/c1-41-14-22(31(32,33)34)38-28(41)21-8-6-19(7-9-21)15-45-30-25-27(37-17-42(25)18-44-12-13-46(3,4)5)39-26(40-30)23-24(20-10-11-20)35-16-36-29(23)43-2/h6-9,14,16-17,20H,10-13,15,18H2,1-5H3. The van der Waals surface area contributed by atoms with Gasteiger partial charge in [-0.15, -0.1) is 0 Å². The van der Waals surface area contributed by atoms with Gasteiger partial charge < -0.3 is 23.3 Å². The molecule has 1 aliphatic carbocycles. The first-order valence-corrected chi connectivity index (χ1v) is 18.6. The summed E-state index contributed by atoms with van der Waals surface area (Å²) in [6.07, 6.45) is 1.61. The predicted molar refractivity (Wildman–Crippen MR) is 167 cm³/mol. The van der Waals surface area contributed by atoms with E-state index >= 15 is 0 Å². The number of rotatable bonds is 12. The third-order valence-electron chi connectivity index (χ3n) is 7.64. The lowest BCUT2D eigenvalue weighted by molar-refractivity contribution is -0.140. The second kappa shape index (κ2) is 12.4. The molecule has 0 spiro atoms. The van der Waals surface area contributed by atoms with Crippen molar-refractivity contribution in [3.63, 3.8) is 0 Å². The molecule has 6 rings (SSSR count). The summed E-state index contributed by atoms with van der Waals surface area (Å²) in [5.41, 5.74) is 2.82. The van der Waals surface area contributed by atoms with Crippen molar-refractivity contribution in [2.24, 2.45) is 7.05 Å². The van der Waals surface area contributed by atoms with Crippen LogP contribution in [0.25, 0.3) is 33.9 Å². The van der Waals surface area contributed by atoms with Gasteiger partial charge in [0.2, 0.25) is 11.8 Å². The normalized spacial score (nSPS) is 13.8. The average molecular weight is 653 g/mol. The van der Waals surface area contributed by atoms with E-state index in [2.05, 4.69) is 39.6 Å². The van der Waals surface area contributed by atoms with Crippen molar-refractivity contribution in [1.29, 1.82) is 0 Å². The van der Waals surface area contributed by atoms with E-state index in [1.807, 2.05) is 4.57 Å². The van der Waals surface area contributed by atoms with Gasteiger partial charge in [0, 0.05) is 39.4 Å². The molecule has 0 unspecified atom stereocenters. The van der Waals surface area contributed by atoms with Crippen LogP contribution in [0.2, 0.25) is 25.7 Å². The summed E-state index contributed by atoms with van der Waals surface area (Å²) in [4.78, 5) is 26.8. The summed E-state index contributed by atoms with van der Waals surface area (Å²) in [5, 5.41) is 0. The minimum atomic E-state index is -4.52. The van der Waals surface area contributed by atoms with Crippen molar-refractivity contribution in [2.45, 2.75) is 64.0 Å². The fourth-order valence-electron chi connectivity index (χ4n) is 4.98. The molecule has 1 aliphatic rings. The Morgan fingerprint density at radius 3 is 2.39 bits per heavy atom. The molecule has 1 fully saturated rings. The minimum Gasteiger partial charge on any atom is -0.480 e. The molecule has 0 amide bonds. The number of benzene rings is 1. The van der Waals surface area contributed by atoms with Crippen molar-refractivity contribution < 1.29 is 27.4 Å². The number of nitrogens with zero attached hydrogens (tertiary/aromatic N) is 8. The number of halogens is 3. The van der Waals surface area contributed by atoms with Gasteiger partial charge in [0.05, 0.1) is 19.1 Å². The number of aryl methyl sites for hydroxylation is 1. The molecule has 0 saturated heterocycles. The maximum absolute atomic E-state index is 13.2. The SMILES string of the molecule is COc1ncnc(C2CC2)c1-c1nc(OCc2ccc(-c3nc(C(F)(F)F)cn3C)cc2)c2c(ncn2COCC[Si](C)(C)C)n1. The Hall–Kier alpha value is -4.37. The zero-order chi connectivity index (χ0) is 32.6. The van der Waals surface area contributed by atoms with Gasteiger partial charge in [0.1, 0.15) is 31.1 Å². The molecular formula is C31H35F3N8O3Si. The van der Waals surface area contributed by atoms with Crippen LogP contribution in [0.15, 0.2) is 43.1 Å². The number of aromatic nitrogens is 8.